The van der Waals surface area contributed by atoms with Gasteiger partial charge in [-0.3, -0.25) is 4.99 Å². The second-order valence-corrected chi connectivity index (χ2v) is 3.29. The van der Waals surface area contributed by atoms with Gasteiger partial charge in [-0.25, -0.2) is 4.98 Å². The summed E-state index contributed by atoms with van der Waals surface area (Å²) in [5.41, 5.74) is 2.62. The minimum absolute atomic E-state index is 0.834. The number of nitrogens with zero attached hydrogens (tertiary/aromatic N) is 2. The Hall–Kier alpha value is -2.22. The maximum atomic E-state index is 4.34. The fraction of sp³-hybridized carbons (Fsp3) is 0. The van der Waals surface area contributed by atoms with E-state index in [9.17, 15) is 0 Å². The lowest BCUT2D eigenvalue weighted by atomic mass is 10.3. The standard InChI is InChI=1S/C14H12N2/c1-2-12-9-6-10-14(16-12)11-15-13-7-4-3-5-8-13/h2-11H,1H2. The first-order valence-electron chi connectivity index (χ1n) is 5.07. The van der Waals surface area contributed by atoms with E-state index < -0.39 is 0 Å². The van der Waals surface area contributed by atoms with Gasteiger partial charge < -0.3 is 0 Å². The molecule has 2 rings (SSSR count). The van der Waals surface area contributed by atoms with E-state index in [0.29, 0.717) is 0 Å². The molecule has 78 valence electrons. The number of pyridine rings is 1. The number of aromatic nitrogens is 1. The van der Waals surface area contributed by atoms with Crippen molar-refractivity contribution < 1.29 is 0 Å². The van der Waals surface area contributed by atoms with Crippen molar-refractivity contribution in [1.29, 1.82) is 0 Å². The molecule has 0 radical (unpaired) electrons. The van der Waals surface area contributed by atoms with Gasteiger partial charge in [-0.15, -0.1) is 0 Å². The van der Waals surface area contributed by atoms with E-state index in [2.05, 4.69) is 16.6 Å². The molecule has 0 saturated carbocycles. The second kappa shape index (κ2) is 5.03. The van der Waals surface area contributed by atoms with Gasteiger partial charge in [0.2, 0.25) is 0 Å². The third kappa shape index (κ3) is 2.64. The molecular formula is C14H12N2. The molecule has 1 heterocycles. The first-order chi connectivity index (χ1) is 7.88. The molecule has 1 aromatic heterocycles. The monoisotopic (exact) mass is 208 g/mol. The largest absolute Gasteiger partial charge is 0.255 e. The van der Waals surface area contributed by atoms with Gasteiger partial charge in [-0.05, 0) is 30.3 Å². The Morgan fingerprint density at radius 2 is 1.69 bits per heavy atom. The van der Waals surface area contributed by atoms with Crippen LogP contribution in [0.2, 0.25) is 0 Å². The maximum absolute atomic E-state index is 4.34. The third-order valence-electron chi connectivity index (χ3n) is 2.10. The first-order valence-corrected chi connectivity index (χ1v) is 5.07. The SMILES string of the molecule is C=Cc1cccc(C=Nc2ccccc2)n1. The summed E-state index contributed by atoms with van der Waals surface area (Å²) in [6, 6.07) is 15.6. The molecule has 2 heteroatoms. The highest BCUT2D eigenvalue weighted by Gasteiger charge is 1.91. The summed E-state index contributed by atoms with van der Waals surface area (Å²) in [5, 5.41) is 0. The molecule has 0 saturated heterocycles. The molecule has 0 amide bonds. The van der Waals surface area contributed by atoms with Gasteiger partial charge in [-0.1, -0.05) is 30.8 Å². The number of rotatable bonds is 3. The molecule has 0 aliphatic heterocycles. The number of aliphatic imine (C=N–C) groups is 1. The summed E-state index contributed by atoms with van der Waals surface area (Å²) in [6.07, 6.45) is 3.47. The quantitative estimate of drug-likeness (QED) is 0.709. The van der Waals surface area contributed by atoms with Crippen LogP contribution in [0.15, 0.2) is 60.1 Å². The average molecular weight is 208 g/mol. The molecule has 0 aliphatic carbocycles. The van der Waals surface area contributed by atoms with Crippen molar-refractivity contribution in [3.8, 4) is 0 Å². The minimum Gasteiger partial charge on any atom is -0.255 e. The van der Waals surface area contributed by atoms with Gasteiger partial charge in [0.05, 0.1) is 23.3 Å². The van der Waals surface area contributed by atoms with Crippen LogP contribution < -0.4 is 0 Å². The van der Waals surface area contributed by atoms with Crippen molar-refractivity contribution in [2.75, 3.05) is 0 Å². The predicted octanol–water partition coefficient (Wildman–Crippen LogP) is 3.48. The van der Waals surface area contributed by atoms with Crippen molar-refractivity contribution >= 4 is 18.0 Å². The molecule has 0 atom stereocenters. The van der Waals surface area contributed by atoms with E-state index in [1.165, 1.54) is 0 Å². The van der Waals surface area contributed by atoms with Crippen LogP contribution in [0.1, 0.15) is 11.4 Å². The third-order valence-corrected chi connectivity index (χ3v) is 2.10. The fourth-order valence-electron chi connectivity index (χ4n) is 1.31. The summed E-state index contributed by atoms with van der Waals surface area (Å²) in [7, 11) is 0. The highest BCUT2D eigenvalue weighted by Crippen LogP contribution is 2.09. The molecule has 0 spiro atoms. The van der Waals surface area contributed by atoms with Crippen LogP contribution in [0.4, 0.5) is 5.69 Å². The Labute approximate surface area is 95.0 Å². The first kappa shape index (κ1) is 10.3. The Balaban J connectivity index is 2.20. The van der Waals surface area contributed by atoms with Crippen molar-refractivity contribution in [3.05, 3.63) is 66.5 Å². The van der Waals surface area contributed by atoms with Crippen molar-refractivity contribution in [1.82, 2.24) is 4.98 Å². The highest BCUT2D eigenvalue weighted by atomic mass is 14.8. The molecular weight excluding hydrogens is 196 g/mol. The number of hydrogen-bond acceptors (Lipinski definition) is 2. The Morgan fingerprint density at radius 1 is 0.938 bits per heavy atom. The Morgan fingerprint density at radius 3 is 2.44 bits per heavy atom. The molecule has 16 heavy (non-hydrogen) atoms. The van der Waals surface area contributed by atoms with Crippen molar-refractivity contribution in [3.63, 3.8) is 0 Å². The fourth-order valence-corrected chi connectivity index (χ4v) is 1.31. The summed E-state index contributed by atoms with van der Waals surface area (Å²) in [6.45, 7) is 3.68. The van der Waals surface area contributed by atoms with Gasteiger partial charge in [0.1, 0.15) is 0 Å². The Bertz CT molecular complexity index is 501. The summed E-state index contributed by atoms with van der Waals surface area (Å²) >= 11 is 0. The molecule has 2 aromatic rings. The van der Waals surface area contributed by atoms with Gasteiger partial charge in [0, 0.05) is 0 Å². The lowest BCUT2D eigenvalue weighted by Gasteiger charge is -1.95. The van der Waals surface area contributed by atoms with E-state index in [0.717, 1.165) is 17.1 Å². The zero-order chi connectivity index (χ0) is 11.2. The van der Waals surface area contributed by atoms with E-state index in [-0.39, 0.29) is 0 Å². The van der Waals surface area contributed by atoms with Crippen molar-refractivity contribution in [2.24, 2.45) is 4.99 Å². The van der Waals surface area contributed by atoms with E-state index in [4.69, 9.17) is 0 Å². The zero-order valence-electron chi connectivity index (χ0n) is 8.88. The minimum atomic E-state index is 0.834. The number of hydrogen-bond donors (Lipinski definition) is 0. The summed E-state index contributed by atoms with van der Waals surface area (Å²) in [4.78, 5) is 8.67. The molecule has 0 fully saturated rings. The highest BCUT2D eigenvalue weighted by molar-refractivity contribution is 5.79. The van der Waals surface area contributed by atoms with Crippen LogP contribution in [-0.4, -0.2) is 11.2 Å². The van der Waals surface area contributed by atoms with Gasteiger partial charge in [-0.2, -0.15) is 0 Å². The van der Waals surface area contributed by atoms with Crippen LogP contribution in [-0.2, 0) is 0 Å². The topological polar surface area (TPSA) is 25.2 Å². The maximum Gasteiger partial charge on any atom is 0.0819 e. The lowest BCUT2D eigenvalue weighted by Crippen LogP contribution is -1.88. The van der Waals surface area contributed by atoms with E-state index in [1.807, 2.05) is 48.5 Å². The second-order valence-electron chi connectivity index (χ2n) is 3.29. The molecule has 0 bridgehead atoms. The molecule has 0 unspecified atom stereocenters. The van der Waals surface area contributed by atoms with Crippen molar-refractivity contribution in [2.45, 2.75) is 0 Å². The lowest BCUT2D eigenvalue weighted by molar-refractivity contribution is 1.27. The Kier molecular flexibility index (Phi) is 3.24. The van der Waals surface area contributed by atoms with E-state index >= 15 is 0 Å². The number of benzene rings is 1. The molecule has 1 aromatic carbocycles. The van der Waals surface area contributed by atoms with Gasteiger partial charge in [0.15, 0.2) is 0 Å². The van der Waals surface area contributed by atoms with Crippen LogP contribution >= 0.6 is 0 Å². The van der Waals surface area contributed by atoms with Crippen LogP contribution in [0.5, 0.6) is 0 Å². The van der Waals surface area contributed by atoms with Crippen LogP contribution in [0.3, 0.4) is 0 Å². The number of para-hydroxylation sites is 1. The van der Waals surface area contributed by atoms with Crippen LogP contribution in [0.25, 0.3) is 6.08 Å². The molecule has 2 nitrogen and oxygen atoms in total. The predicted molar refractivity (Wildman–Crippen MR) is 68.0 cm³/mol. The smallest absolute Gasteiger partial charge is 0.0819 e. The molecule has 0 N–H and O–H groups in total. The van der Waals surface area contributed by atoms with Gasteiger partial charge in [0.25, 0.3) is 0 Å². The normalized spacial score (nSPS) is 10.5. The summed E-state index contributed by atoms with van der Waals surface area (Å²) in [5.74, 6) is 0. The zero-order valence-corrected chi connectivity index (χ0v) is 8.88. The molecule has 0 aliphatic rings. The van der Waals surface area contributed by atoms with E-state index in [1.54, 1.807) is 12.3 Å². The summed E-state index contributed by atoms with van der Waals surface area (Å²) < 4.78 is 0. The van der Waals surface area contributed by atoms with Crippen LogP contribution in [0, 0.1) is 0 Å². The van der Waals surface area contributed by atoms with Gasteiger partial charge >= 0.3 is 0 Å². The average Bonchev–Trinajstić information content (AvgIpc) is 2.38.